The Bertz CT molecular complexity index is 1060. The largest absolute Gasteiger partial charge is 0.371 e. The highest BCUT2D eigenvalue weighted by molar-refractivity contribution is 7.92. The topological polar surface area (TPSA) is 69.7 Å². The summed E-state index contributed by atoms with van der Waals surface area (Å²) in [5.41, 5.74) is 3.53. The van der Waals surface area contributed by atoms with Gasteiger partial charge in [-0.05, 0) is 67.5 Å². The molecule has 1 unspecified atom stereocenters. The van der Waals surface area contributed by atoms with Crippen molar-refractivity contribution in [1.29, 1.82) is 0 Å². The van der Waals surface area contributed by atoms with Crippen LogP contribution in [0.4, 0.5) is 11.4 Å². The molecule has 0 bridgehead atoms. The highest BCUT2D eigenvalue weighted by atomic mass is 35.5. The number of sulfonamides is 1. The number of carbonyl (C=O) groups is 1. The fourth-order valence-electron chi connectivity index (χ4n) is 4.25. The van der Waals surface area contributed by atoms with Crippen molar-refractivity contribution in [2.24, 2.45) is 5.92 Å². The molecule has 33 heavy (non-hydrogen) atoms. The van der Waals surface area contributed by atoms with Gasteiger partial charge in [-0.25, -0.2) is 8.42 Å². The van der Waals surface area contributed by atoms with Gasteiger partial charge in [0.05, 0.1) is 11.9 Å². The van der Waals surface area contributed by atoms with Crippen LogP contribution in [-0.2, 0) is 21.4 Å². The van der Waals surface area contributed by atoms with Crippen LogP contribution in [-0.4, -0.2) is 40.2 Å². The predicted octanol–water partition coefficient (Wildman–Crippen LogP) is 4.75. The molecule has 1 aliphatic heterocycles. The van der Waals surface area contributed by atoms with Gasteiger partial charge < -0.3 is 10.2 Å². The van der Waals surface area contributed by atoms with Gasteiger partial charge in [0, 0.05) is 43.3 Å². The highest BCUT2D eigenvalue weighted by Gasteiger charge is 2.20. The molecule has 180 valence electrons. The molecule has 1 atom stereocenters. The van der Waals surface area contributed by atoms with E-state index in [2.05, 4.69) is 41.4 Å². The lowest BCUT2D eigenvalue weighted by molar-refractivity contribution is -0.121. The highest BCUT2D eigenvalue weighted by Crippen LogP contribution is 2.28. The Kier molecular flexibility index (Phi) is 8.65. The number of amides is 1. The van der Waals surface area contributed by atoms with Gasteiger partial charge in [0.15, 0.2) is 0 Å². The van der Waals surface area contributed by atoms with Gasteiger partial charge in [-0.2, -0.15) is 0 Å². The van der Waals surface area contributed by atoms with E-state index in [1.165, 1.54) is 29.1 Å². The number of hydrogen-bond donors (Lipinski definition) is 1. The lowest BCUT2D eigenvalue weighted by Gasteiger charge is -2.32. The Morgan fingerprint density at radius 3 is 2.61 bits per heavy atom. The Labute approximate surface area is 203 Å². The van der Waals surface area contributed by atoms with E-state index in [0.29, 0.717) is 29.2 Å². The van der Waals surface area contributed by atoms with Crippen LogP contribution in [0.25, 0.3) is 0 Å². The molecular weight excluding hydrogens is 458 g/mol. The Balaban J connectivity index is 1.49. The van der Waals surface area contributed by atoms with Crippen LogP contribution < -0.4 is 14.5 Å². The van der Waals surface area contributed by atoms with Gasteiger partial charge in [0.25, 0.3) is 0 Å². The van der Waals surface area contributed by atoms with Crippen LogP contribution in [0.15, 0.2) is 42.5 Å². The van der Waals surface area contributed by atoms with E-state index in [-0.39, 0.29) is 18.9 Å². The van der Waals surface area contributed by atoms with Crippen molar-refractivity contribution >= 4 is 38.9 Å². The summed E-state index contributed by atoms with van der Waals surface area (Å²) in [6.07, 6.45) is 4.35. The van der Waals surface area contributed by atoms with E-state index in [1.807, 2.05) is 0 Å². The van der Waals surface area contributed by atoms with Crippen molar-refractivity contribution < 1.29 is 13.2 Å². The summed E-state index contributed by atoms with van der Waals surface area (Å²) in [6.45, 7) is 6.95. The second-order valence-corrected chi connectivity index (χ2v) is 11.3. The summed E-state index contributed by atoms with van der Waals surface area (Å²) >= 11 is 6.16. The standard InChI is InChI=1S/C25H34ClN3O3S/c1-19-7-5-15-28(18-19)22-13-11-21(12-14-22)17-27-25(30)10-6-16-29(33(3,31)32)24-9-4-8-23(26)20(24)2/h4,8-9,11-14,19H,5-7,10,15-18H2,1-3H3,(H,27,30). The van der Waals surface area contributed by atoms with Gasteiger partial charge in [0.2, 0.25) is 15.9 Å². The first-order chi connectivity index (χ1) is 15.6. The van der Waals surface area contributed by atoms with E-state index in [9.17, 15) is 13.2 Å². The Hall–Kier alpha value is -2.25. The number of hydrogen-bond acceptors (Lipinski definition) is 4. The van der Waals surface area contributed by atoms with E-state index in [1.54, 1.807) is 25.1 Å². The Morgan fingerprint density at radius 1 is 1.21 bits per heavy atom. The molecule has 6 nitrogen and oxygen atoms in total. The molecule has 1 N–H and O–H groups in total. The third-order valence-corrected chi connectivity index (χ3v) is 7.71. The molecule has 0 aliphatic carbocycles. The van der Waals surface area contributed by atoms with Crippen LogP contribution in [0.3, 0.4) is 0 Å². The molecule has 0 aromatic heterocycles. The molecule has 8 heteroatoms. The average molecular weight is 492 g/mol. The molecule has 1 aliphatic rings. The molecular formula is C25H34ClN3O3S. The third-order valence-electron chi connectivity index (χ3n) is 6.12. The lowest BCUT2D eigenvalue weighted by Crippen LogP contribution is -2.34. The fraction of sp³-hybridized carbons (Fsp3) is 0.480. The molecule has 1 saturated heterocycles. The summed E-state index contributed by atoms with van der Waals surface area (Å²) in [5, 5.41) is 3.45. The van der Waals surface area contributed by atoms with Crippen molar-refractivity contribution in [1.82, 2.24) is 5.32 Å². The summed E-state index contributed by atoms with van der Waals surface area (Å²) in [5.74, 6) is 0.624. The van der Waals surface area contributed by atoms with E-state index < -0.39 is 10.0 Å². The summed E-state index contributed by atoms with van der Waals surface area (Å²) in [6, 6.07) is 13.6. The number of piperidine rings is 1. The molecule has 0 saturated carbocycles. The molecule has 2 aromatic rings. The van der Waals surface area contributed by atoms with Crippen LogP contribution in [0.5, 0.6) is 0 Å². The predicted molar refractivity (Wildman–Crippen MR) is 137 cm³/mol. The SMILES string of the molecule is Cc1c(Cl)cccc1N(CCCC(=O)NCc1ccc(N2CCCC(C)C2)cc1)S(C)(=O)=O. The quantitative estimate of drug-likeness (QED) is 0.549. The molecule has 1 heterocycles. The average Bonchev–Trinajstić information content (AvgIpc) is 2.77. The zero-order valence-electron chi connectivity index (χ0n) is 19.7. The second kappa shape index (κ2) is 11.3. The number of rotatable bonds is 9. The summed E-state index contributed by atoms with van der Waals surface area (Å²) in [7, 11) is -3.49. The molecule has 1 fully saturated rings. The van der Waals surface area contributed by atoms with Crippen LogP contribution >= 0.6 is 11.6 Å². The number of anilines is 2. The van der Waals surface area contributed by atoms with Crippen molar-refractivity contribution in [2.45, 2.75) is 46.1 Å². The minimum absolute atomic E-state index is 0.0970. The maximum absolute atomic E-state index is 12.3. The minimum Gasteiger partial charge on any atom is -0.371 e. The number of benzene rings is 2. The maximum Gasteiger partial charge on any atom is 0.232 e. The lowest BCUT2D eigenvalue weighted by atomic mass is 9.99. The Morgan fingerprint density at radius 2 is 1.94 bits per heavy atom. The second-order valence-electron chi connectivity index (χ2n) is 8.96. The monoisotopic (exact) mass is 491 g/mol. The van der Waals surface area contributed by atoms with Gasteiger partial charge >= 0.3 is 0 Å². The molecule has 1 amide bonds. The number of carbonyl (C=O) groups excluding carboxylic acids is 1. The number of nitrogens with one attached hydrogen (secondary N) is 1. The molecule has 0 spiro atoms. The van der Waals surface area contributed by atoms with Gasteiger partial charge in [-0.3, -0.25) is 9.10 Å². The molecule has 3 rings (SSSR count). The normalized spacial score (nSPS) is 16.5. The maximum atomic E-state index is 12.3. The van der Waals surface area contributed by atoms with Gasteiger partial charge in [-0.1, -0.05) is 36.7 Å². The van der Waals surface area contributed by atoms with Crippen LogP contribution in [0, 0.1) is 12.8 Å². The number of halogens is 1. The van der Waals surface area contributed by atoms with E-state index >= 15 is 0 Å². The molecule has 2 aromatic carbocycles. The number of nitrogens with zero attached hydrogens (tertiary/aromatic N) is 2. The van der Waals surface area contributed by atoms with E-state index in [4.69, 9.17) is 11.6 Å². The smallest absolute Gasteiger partial charge is 0.232 e. The zero-order valence-corrected chi connectivity index (χ0v) is 21.3. The minimum atomic E-state index is -3.49. The first-order valence-electron chi connectivity index (χ1n) is 11.5. The van der Waals surface area contributed by atoms with Crippen molar-refractivity contribution in [3.8, 4) is 0 Å². The van der Waals surface area contributed by atoms with E-state index in [0.717, 1.165) is 24.6 Å². The van der Waals surface area contributed by atoms with Crippen molar-refractivity contribution in [3.05, 3.63) is 58.6 Å². The van der Waals surface area contributed by atoms with Gasteiger partial charge in [-0.15, -0.1) is 0 Å². The zero-order chi connectivity index (χ0) is 24.0. The fourth-order valence-corrected chi connectivity index (χ4v) is 5.44. The van der Waals surface area contributed by atoms with Crippen LogP contribution in [0.2, 0.25) is 5.02 Å². The first-order valence-corrected chi connectivity index (χ1v) is 13.7. The van der Waals surface area contributed by atoms with Gasteiger partial charge in [0.1, 0.15) is 0 Å². The first kappa shape index (κ1) is 25.4. The molecule has 0 radical (unpaired) electrons. The van der Waals surface area contributed by atoms with Crippen molar-refractivity contribution in [3.63, 3.8) is 0 Å². The van der Waals surface area contributed by atoms with Crippen molar-refractivity contribution in [2.75, 3.05) is 35.1 Å². The summed E-state index contributed by atoms with van der Waals surface area (Å²) < 4.78 is 26.0. The van der Waals surface area contributed by atoms with Crippen LogP contribution in [0.1, 0.15) is 43.7 Å². The summed E-state index contributed by atoms with van der Waals surface area (Å²) in [4.78, 5) is 14.8. The third kappa shape index (κ3) is 7.11.